The number of benzene rings is 1. The third-order valence-corrected chi connectivity index (χ3v) is 5.01. The van der Waals surface area contributed by atoms with Gasteiger partial charge >= 0.3 is 5.69 Å². The van der Waals surface area contributed by atoms with E-state index in [0.29, 0.717) is 25.5 Å². The summed E-state index contributed by atoms with van der Waals surface area (Å²) in [6.45, 7) is 1.63. The maximum Gasteiger partial charge on any atom is 0.313 e. The minimum absolute atomic E-state index is 0.0640. The van der Waals surface area contributed by atoms with Crippen molar-refractivity contribution in [2.45, 2.75) is 18.4 Å². The van der Waals surface area contributed by atoms with Crippen molar-refractivity contribution in [2.24, 2.45) is 0 Å². The first-order valence-electron chi connectivity index (χ1n) is 7.86. The summed E-state index contributed by atoms with van der Waals surface area (Å²) in [5, 5.41) is 11.6. The molecule has 1 spiro atoms. The van der Waals surface area contributed by atoms with Gasteiger partial charge < -0.3 is 9.64 Å². The highest BCUT2D eigenvalue weighted by Gasteiger charge is 2.44. The van der Waals surface area contributed by atoms with Gasteiger partial charge in [0.1, 0.15) is 5.60 Å². The number of rotatable bonds is 2. The van der Waals surface area contributed by atoms with Gasteiger partial charge in [-0.15, -0.1) is 0 Å². The van der Waals surface area contributed by atoms with Crippen molar-refractivity contribution >= 4 is 23.1 Å². The van der Waals surface area contributed by atoms with Gasteiger partial charge in [-0.2, -0.15) is 0 Å². The molecule has 7 heteroatoms. The molecular weight excluding hydrogens is 330 g/mol. The number of hydrogen-bond donors (Lipinski definition) is 0. The highest BCUT2D eigenvalue weighted by atomic mass is 35.5. The molecule has 0 radical (unpaired) electrons. The first kappa shape index (κ1) is 15.4. The van der Waals surface area contributed by atoms with E-state index in [0.717, 1.165) is 12.8 Å². The fourth-order valence-corrected chi connectivity index (χ4v) is 3.88. The summed E-state index contributed by atoms with van der Waals surface area (Å²) >= 11 is 5.88. The molecule has 0 bridgehead atoms. The molecule has 124 valence electrons. The van der Waals surface area contributed by atoms with Gasteiger partial charge in [0, 0.05) is 18.8 Å². The van der Waals surface area contributed by atoms with Crippen LogP contribution >= 0.6 is 11.6 Å². The Bertz CT molecular complexity index is 809. The van der Waals surface area contributed by atoms with Crippen LogP contribution in [-0.4, -0.2) is 29.6 Å². The molecule has 24 heavy (non-hydrogen) atoms. The number of halogens is 1. The Morgan fingerprint density at radius 2 is 2.21 bits per heavy atom. The van der Waals surface area contributed by atoms with Crippen LogP contribution in [0.25, 0.3) is 0 Å². The largest absolute Gasteiger partial charge is 0.367 e. The Hall–Kier alpha value is -2.18. The lowest BCUT2D eigenvalue weighted by molar-refractivity contribution is -0.384. The average molecular weight is 346 g/mol. The fourth-order valence-electron chi connectivity index (χ4n) is 3.73. The van der Waals surface area contributed by atoms with Crippen molar-refractivity contribution in [2.75, 3.05) is 24.6 Å². The Morgan fingerprint density at radius 1 is 1.38 bits per heavy atom. The number of anilines is 1. The predicted octanol–water partition coefficient (Wildman–Crippen LogP) is 3.32. The van der Waals surface area contributed by atoms with Gasteiger partial charge in [0.05, 0.1) is 23.1 Å². The molecule has 1 unspecified atom stereocenters. The quantitative estimate of drug-likeness (QED) is 0.617. The SMILES string of the molecule is O=[N+]([O-])c1cc(Cl)cnc1N1CCOC2(CCc3ccccc32)C1. The lowest BCUT2D eigenvalue weighted by Crippen LogP contribution is -2.49. The predicted molar refractivity (Wildman–Crippen MR) is 90.5 cm³/mol. The average Bonchev–Trinajstić information content (AvgIpc) is 2.93. The topological polar surface area (TPSA) is 68.5 Å². The molecule has 2 heterocycles. The van der Waals surface area contributed by atoms with E-state index in [1.807, 2.05) is 17.0 Å². The summed E-state index contributed by atoms with van der Waals surface area (Å²) in [5.41, 5.74) is 2.00. The van der Waals surface area contributed by atoms with Crippen molar-refractivity contribution in [1.29, 1.82) is 0 Å². The molecule has 0 amide bonds. The Kier molecular flexibility index (Phi) is 3.66. The van der Waals surface area contributed by atoms with Crippen molar-refractivity contribution in [3.05, 3.63) is 62.8 Å². The monoisotopic (exact) mass is 345 g/mol. The number of fused-ring (bicyclic) bond motifs is 2. The second-order valence-corrected chi connectivity index (χ2v) is 6.61. The van der Waals surface area contributed by atoms with E-state index in [1.54, 1.807) is 0 Å². The summed E-state index contributed by atoms with van der Waals surface area (Å²) in [5.74, 6) is 0.358. The van der Waals surface area contributed by atoms with E-state index >= 15 is 0 Å². The maximum absolute atomic E-state index is 11.4. The second kappa shape index (κ2) is 5.72. The minimum atomic E-state index is -0.432. The molecule has 2 aliphatic rings. The van der Waals surface area contributed by atoms with Crippen LogP contribution < -0.4 is 4.90 Å². The highest BCUT2D eigenvalue weighted by molar-refractivity contribution is 6.30. The molecule has 1 aromatic carbocycles. The lowest BCUT2D eigenvalue weighted by atomic mass is 9.93. The number of morpholine rings is 1. The van der Waals surface area contributed by atoms with E-state index < -0.39 is 10.5 Å². The molecule has 2 aromatic rings. The van der Waals surface area contributed by atoms with Crippen molar-refractivity contribution in [1.82, 2.24) is 4.98 Å². The Balaban J connectivity index is 1.71. The number of pyridine rings is 1. The summed E-state index contributed by atoms with van der Waals surface area (Å²) in [7, 11) is 0. The van der Waals surface area contributed by atoms with Crippen LogP contribution in [-0.2, 0) is 16.8 Å². The number of aromatic nitrogens is 1. The van der Waals surface area contributed by atoms with Gasteiger partial charge in [-0.1, -0.05) is 35.9 Å². The number of hydrogen-bond acceptors (Lipinski definition) is 5. The molecular formula is C17H16ClN3O3. The first-order valence-corrected chi connectivity index (χ1v) is 8.24. The third-order valence-electron chi connectivity index (χ3n) is 4.80. The molecule has 1 saturated heterocycles. The summed E-state index contributed by atoms with van der Waals surface area (Å²) < 4.78 is 6.16. The molecule has 1 aliphatic heterocycles. The van der Waals surface area contributed by atoms with E-state index in [-0.39, 0.29) is 10.7 Å². The molecule has 1 atom stereocenters. The van der Waals surface area contributed by atoms with Gasteiger partial charge in [0.15, 0.2) is 0 Å². The third kappa shape index (κ3) is 2.42. The molecule has 6 nitrogen and oxygen atoms in total. The second-order valence-electron chi connectivity index (χ2n) is 6.17. The number of ether oxygens (including phenoxy) is 1. The molecule has 4 rings (SSSR count). The summed E-state index contributed by atoms with van der Waals surface area (Å²) in [6.07, 6.45) is 3.29. The van der Waals surface area contributed by atoms with Crippen molar-refractivity contribution in [3.63, 3.8) is 0 Å². The van der Waals surface area contributed by atoms with Crippen LogP contribution in [0.5, 0.6) is 0 Å². The van der Waals surface area contributed by atoms with Crippen molar-refractivity contribution < 1.29 is 9.66 Å². The first-order chi connectivity index (χ1) is 11.6. The molecule has 0 N–H and O–H groups in total. The van der Waals surface area contributed by atoms with Crippen LogP contribution in [0.3, 0.4) is 0 Å². The number of nitro groups is 1. The zero-order chi connectivity index (χ0) is 16.7. The fraction of sp³-hybridized carbons (Fsp3) is 0.353. The molecule has 1 aromatic heterocycles. The van der Waals surface area contributed by atoms with E-state index in [9.17, 15) is 10.1 Å². The maximum atomic E-state index is 11.4. The van der Waals surface area contributed by atoms with Gasteiger partial charge in [0.2, 0.25) is 5.82 Å². The van der Waals surface area contributed by atoms with Gasteiger partial charge in [-0.25, -0.2) is 4.98 Å². The van der Waals surface area contributed by atoms with E-state index in [4.69, 9.17) is 16.3 Å². The van der Waals surface area contributed by atoms with Crippen LogP contribution in [0.4, 0.5) is 11.5 Å². The summed E-state index contributed by atoms with van der Waals surface area (Å²) in [6, 6.07) is 9.61. The molecule has 1 fully saturated rings. The Morgan fingerprint density at radius 3 is 3.04 bits per heavy atom. The number of nitrogens with zero attached hydrogens (tertiary/aromatic N) is 3. The zero-order valence-electron chi connectivity index (χ0n) is 12.9. The normalized spacial score (nSPS) is 22.6. The van der Waals surface area contributed by atoms with Crippen LogP contribution in [0, 0.1) is 10.1 Å². The van der Waals surface area contributed by atoms with Crippen molar-refractivity contribution in [3.8, 4) is 0 Å². The smallest absolute Gasteiger partial charge is 0.313 e. The molecule has 0 saturated carbocycles. The van der Waals surface area contributed by atoms with Gasteiger partial charge in [-0.05, 0) is 24.0 Å². The van der Waals surface area contributed by atoms with Crippen LogP contribution in [0.15, 0.2) is 36.5 Å². The van der Waals surface area contributed by atoms with Crippen LogP contribution in [0.2, 0.25) is 5.02 Å². The van der Waals surface area contributed by atoms with E-state index in [1.165, 1.54) is 23.4 Å². The highest BCUT2D eigenvalue weighted by Crippen LogP contribution is 2.43. The Labute approximate surface area is 144 Å². The van der Waals surface area contributed by atoms with Gasteiger partial charge in [-0.3, -0.25) is 10.1 Å². The minimum Gasteiger partial charge on any atom is -0.367 e. The van der Waals surface area contributed by atoms with E-state index in [2.05, 4.69) is 17.1 Å². The number of aryl methyl sites for hydroxylation is 1. The lowest BCUT2D eigenvalue weighted by Gasteiger charge is -2.41. The zero-order valence-corrected chi connectivity index (χ0v) is 13.7. The van der Waals surface area contributed by atoms with Crippen LogP contribution in [0.1, 0.15) is 17.5 Å². The summed E-state index contributed by atoms with van der Waals surface area (Å²) in [4.78, 5) is 17.1. The molecule has 1 aliphatic carbocycles. The standard InChI is InChI=1S/C17H16ClN3O3/c18-13-9-15(21(22)23)16(19-10-13)20-7-8-24-17(11-20)6-5-12-3-1-2-4-14(12)17/h1-4,9-10H,5-8,11H2. The van der Waals surface area contributed by atoms with Gasteiger partial charge in [0.25, 0.3) is 0 Å².